The first-order chi connectivity index (χ1) is 14.5. The molecule has 0 radical (unpaired) electrons. The molecule has 7 heteroatoms. The second-order valence-electron chi connectivity index (χ2n) is 9.13. The van der Waals surface area contributed by atoms with Gasteiger partial charge in [0.25, 0.3) is 0 Å². The minimum atomic E-state index is -0.935. The van der Waals surface area contributed by atoms with E-state index in [1.165, 1.54) is 0 Å². The Morgan fingerprint density at radius 3 is 2.23 bits per heavy atom. The molecule has 0 aliphatic rings. The topological polar surface area (TPSA) is 111 Å². The molecule has 0 fully saturated rings. The largest absolute Gasteiger partial charge is 0.444 e. The number of benzene rings is 2. The predicted octanol–water partition coefficient (Wildman–Crippen LogP) is 3.29. The number of rotatable bonds is 8. The molecule has 4 N–H and O–H groups in total. The van der Waals surface area contributed by atoms with Crippen LogP contribution in [0.15, 0.2) is 42.5 Å². The van der Waals surface area contributed by atoms with Crippen molar-refractivity contribution in [3.8, 4) is 0 Å². The van der Waals surface area contributed by atoms with E-state index >= 15 is 0 Å². The first kappa shape index (κ1) is 24.2. The Morgan fingerprint density at radius 2 is 1.61 bits per heavy atom. The Kier molecular flexibility index (Phi) is 8.02. The quantitative estimate of drug-likeness (QED) is 0.600. The van der Waals surface area contributed by atoms with Crippen LogP contribution >= 0.6 is 0 Å². The van der Waals surface area contributed by atoms with E-state index in [-0.39, 0.29) is 12.3 Å². The van der Waals surface area contributed by atoms with Crippen LogP contribution in [0.2, 0.25) is 0 Å². The second-order valence-corrected chi connectivity index (χ2v) is 9.13. The van der Waals surface area contributed by atoms with Gasteiger partial charge in [-0.2, -0.15) is 0 Å². The Balaban J connectivity index is 2.29. The summed E-state index contributed by atoms with van der Waals surface area (Å²) in [5.74, 6) is -0.931. The van der Waals surface area contributed by atoms with Crippen molar-refractivity contribution in [3.63, 3.8) is 0 Å². The zero-order chi connectivity index (χ0) is 23.2. The number of ether oxygens (including phenoxy) is 1. The van der Waals surface area contributed by atoms with Gasteiger partial charge in [0.05, 0.1) is 0 Å². The number of alkyl carbamates (subject to hydrolysis) is 1. The molecule has 3 amide bonds. The van der Waals surface area contributed by atoms with Crippen LogP contribution < -0.4 is 16.4 Å². The maximum absolute atomic E-state index is 13.1. The summed E-state index contributed by atoms with van der Waals surface area (Å²) < 4.78 is 5.34. The number of nitrogens with one attached hydrogen (secondary N) is 2. The van der Waals surface area contributed by atoms with Gasteiger partial charge in [0.15, 0.2) is 0 Å². The van der Waals surface area contributed by atoms with Gasteiger partial charge in [-0.25, -0.2) is 4.79 Å². The summed E-state index contributed by atoms with van der Waals surface area (Å²) in [7, 11) is 0. The standard InChI is InChI=1S/C24H33N3O4/c1-15(2)13-19(21(25)28)26-22(29)20(27-23(30)31-24(3,4)5)14-17-11-8-10-16-9-6-7-12-18(16)17/h6-12,15,19-20H,13-14H2,1-5H3,(H2,25,28)(H,26,29)(H,27,30)/t19-,20-/m0/s1. The van der Waals surface area contributed by atoms with Crippen LogP contribution in [0.3, 0.4) is 0 Å². The normalized spacial score (nSPS) is 13.5. The van der Waals surface area contributed by atoms with Gasteiger partial charge in [-0.15, -0.1) is 0 Å². The third-order valence-electron chi connectivity index (χ3n) is 4.68. The zero-order valence-electron chi connectivity index (χ0n) is 18.9. The fraction of sp³-hybridized carbons (Fsp3) is 0.458. The predicted molar refractivity (Wildman–Crippen MR) is 121 cm³/mol. The van der Waals surface area contributed by atoms with Crippen LogP contribution in [-0.2, 0) is 20.7 Å². The molecule has 2 aromatic rings. The average Bonchev–Trinajstić information content (AvgIpc) is 2.65. The van der Waals surface area contributed by atoms with Crippen molar-refractivity contribution in [3.05, 3.63) is 48.0 Å². The molecule has 2 aromatic carbocycles. The van der Waals surface area contributed by atoms with E-state index < -0.39 is 35.6 Å². The fourth-order valence-electron chi connectivity index (χ4n) is 3.34. The van der Waals surface area contributed by atoms with E-state index in [1.807, 2.05) is 56.3 Å². The van der Waals surface area contributed by atoms with E-state index in [0.717, 1.165) is 16.3 Å². The average molecular weight is 428 g/mol. The summed E-state index contributed by atoms with van der Waals surface area (Å²) in [6.45, 7) is 9.12. The number of hydrogen-bond donors (Lipinski definition) is 3. The van der Waals surface area contributed by atoms with Crippen molar-refractivity contribution in [2.24, 2.45) is 11.7 Å². The Bertz CT molecular complexity index is 929. The number of carbonyl (C=O) groups is 3. The van der Waals surface area contributed by atoms with Crippen molar-refractivity contribution in [2.75, 3.05) is 0 Å². The molecule has 7 nitrogen and oxygen atoms in total. The summed E-state index contributed by atoms with van der Waals surface area (Å²) in [5, 5.41) is 7.38. The molecule has 0 aromatic heterocycles. The molecule has 31 heavy (non-hydrogen) atoms. The van der Waals surface area contributed by atoms with Gasteiger partial charge in [0, 0.05) is 6.42 Å². The van der Waals surface area contributed by atoms with Crippen molar-refractivity contribution in [2.45, 2.75) is 65.1 Å². The van der Waals surface area contributed by atoms with Crippen molar-refractivity contribution >= 4 is 28.7 Å². The molecule has 0 saturated carbocycles. The van der Waals surface area contributed by atoms with E-state index in [1.54, 1.807) is 20.8 Å². The molecule has 2 atom stereocenters. The minimum absolute atomic E-state index is 0.160. The van der Waals surface area contributed by atoms with Crippen molar-refractivity contribution in [1.82, 2.24) is 10.6 Å². The van der Waals surface area contributed by atoms with Crippen molar-refractivity contribution in [1.29, 1.82) is 0 Å². The van der Waals surface area contributed by atoms with Crippen LogP contribution in [0.4, 0.5) is 4.79 Å². The lowest BCUT2D eigenvalue weighted by atomic mass is 9.97. The van der Waals surface area contributed by atoms with Gasteiger partial charge >= 0.3 is 6.09 Å². The molecule has 2 rings (SSSR count). The fourth-order valence-corrected chi connectivity index (χ4v) is 3.34. The van der Waals surface area contributed by atoms with Gasteiger partial charge in [0.1, 0.15) is 17.7 Å². The number of hydrogen-bond acceptors (Lipinski definition) is 4. The third kappa shape index (κ3) is 7.59. The van der Waals surface area contributed by atoms with Gasteiger partial charge in [-0.05, 0) is 49.4 Å². The lowest BCUT2D eigenvalue weighted by molar-refractivity contribution is -0.128. The van der Waals surface area contributed by atoms with Crippen LogP contribution in [0.1, 0.15) is 46.6 Å². The smallest absolute Gasteiger partial charge is 0.408 e. The zero-order valence-corrected chi connectivity index (χ0v) is 18.9. The summed E-state index contributed by atoms with van der Waals surface area (Å²) in [4.78, 5) is 37.3. The summed E-state index contributed by atoms with van der Waals surface area (Å²) in [6.07, 6.45) is -0.0546. The summed E-state index contributed by atoms with van der Waals surface area (Å²) in [6, 6.07) is 11.9. The number of fused-ring (bicyclic) bond motifs is 1. The molecular formula is C24H33N3O4. The molecule has 0 saturated heterocycles. The second kappa shape index (κ2) is 10.3. The number of carbonyl (C=O) groups excluding carboxylic acids is 3. The molecule has 168 valence electrons. The Hall–Kier alpha value is -3.09. The Morgan fingerprint density at radius 1 is 0.968 bits per heavy atom. The summed E-state index contributed by atoms with van der Waals surface area (Å²) in [5.41, 5.74) is 5.67. The lowest BCUT2D eigenvalue weighted by Crippen LogP contribution is -2.54. The molecular weight excluding hydrogens is 394 g/mol. The Labute approximate surface area is 183 Å². The SMILES string of the molecule is CC(C)C[C@H](NC(=O)[C@H](Cc1cccc2ccccc12)NC(=O)OC(C)(C)C)C(N)=O. The first-order valence-corrected chi connectivity index (χ1v) is 10.5. The highest BCUT2D eigenvalue weighted by atomic mass is 16.6. The first-order valence-electron chi connectivity index (χ1n) is 10.5. The van der Waals surface area contributed by atoms with Crippen LogP contribution in [0.25, 0.3) is 10.8 Å². The van der Waals surface area contributed by atoms with Crippen LogP contribution in [0.5, 0.6) is 0 Å². The third-order valence-corrected chi connectivity index (χ3v) is 4.68. The highest BCUT2D eigenvalue weighted by Gasteiger charge is 2.28. The number of amides is 3. The van der Waals surface area contributed by atoms with E-state index in [2.05, 4.69) is 10.6 Å². The minimum Gasteiger partial charge on any atom is -0.444 e. The number of nitrogens with two attached hydrogens (primary N) is 1. The highest BCUT2D eigenvalue weighted by Crippen LogP contribution is 2.20. The van der Waals surface area contributed by atoms with Gasteiger partial charge in [-0.3, -0.25) is 9.59 Å². The maximum atomic E-state index is 13.1. The molecule has 0 heterocycles. The lowest BCUT2D eigenvalue weighted by Gasteiger charge is -2.25. The molecule has 0 aliphatic carbocycles. The van der Waals surface area contributed by atoms with E-state index in [0.29, 0.717) is 6.42 Å². The van der Waals surface area contributed by atoms with Gasteiger partial charge in [-0.1, -0.05) is 56.3 Å². The molecule has 0 spiro atoms. The molecule has 0 aliphatic heterocycles. The van der Waals surface area contributed by atoms with Crippen molar-refractivity contribution < 1.29 is 19.1 Å². The van der Waals surface area contributed by atoms with Gasteiger partial charge < -0.3 is 21.1 Å². The van der Waals surface area contributed by atoms with E-state index in [9.17, 15) is 14.4 Å². The molecule has 0 unspecified atom stereocenters. The van der Waals surface area contributed by atoms with Crippen LogP contribution in [0, 0.1) is 5.92 Å². The maximum Gasteiger partial charge on any atom is 0.408 e. The van der Waals surface area contributed by atoms with E-state index in [4.69, 9.17) is 10.5 Å². The summed E-state index contributed by atoms with van der Waals surface area (Å²) >= 11 is 0. The number of primary amides is 1. The highest BCUT2D eigenvalue weighted by molar-refractivity contribution is 5.92. The monoisotopic (exact) mass is 427 g/mol. The van der Waals surface area contributed by atoms with Crippen LogP contribution in [-0.4, -0.2) is 35.6 Å². The van der Waals surface area contributed by atoms with Gasteiger partial charge in [0.2, 0.25) is 11.8 Å². The molecule has 0 bridgehead atoms.